The Balaban J connectivity index is 1.90. The van der Waals surface area contributed by atoms with Gasteiger partial charge in [0.25, 0.3) is 11.5 Å². The topological polar surface area (TPSA) is 81.8 Å². The Morgan fingerprint density at radius 2 is 1.85 bits per heavy atom. The summed E-state index contributed by atoms with van der Waals surface area (Å²) in [6.45, 7) is 8.20. The van der Waals surface area contributed by atoms with Crippen molar-refractivity contribution < 1.29 is 4.79 Å². The van der Waals surface area contributed by atoms with Crippen molar-refractivity contribution in [2.75, 3.05) is 0 Å². The van der Waals surface area contributed by atoms with Crippen molar-refractivity contribution >= 4 is 16.7 Å². The fraction of sp³-hybridized carbons (Fsp3) is 0.400. The van der Waals surface area contributed by atoms with Gasteiger partial charge in [-0.2, -0.15) is 10.2 Å². The second-order valence-electron chi connectivity index (χ2n) is 6.87. The van der Waals surface area contributed by atoms with E-state index in [1.165, 1.54) is 4.68 Å². The van der Waals surface area contributed by atoms with Crippen molar-refractivity contribution in [2.45, 2.75) is 46.7 Å². The summed E-state index contributed by atoms with van der Waals surface area (Å²) >= 11 is 0. The zero-order chi connectivity index (χ0) is 19.7. The van der Waals surface area contributed by atoms with Crippen LogP contribution >= 0.6 is 0 Å². The Bertz CT molecular complexity index is 1060. The molecule has 0 aliphatic heterocycles. The lowest BCUT2D eigenvalue weighted by atomic mass is 10.0. The summed E-state index contributed by atoms with van der Waals surface area (Å²) < 4.78 is 3.18. The maximum absolute atomic E-state index is 12.9. The van der Waals surface area contributed by atoms with Gasteiger partial charge in [-0.05, 0) is 45.7 Å². The second kappa shape index (κ2) is 7.34. The summed E-state index contributed by atoms with van der Waals surface area (Å²) in [5.41, 5.74) is 3.30. The van der Waals surface area contributed by atoms with Crippen molar-refractivity contribution in [1.29, 1.82) is 0 Å². The SMILES string of the molecule is CCn1nc(C(=O)N[C@@H](C)Cc2c(C)nn(C)c2C)c2ccccc2c1=O. The molecule has 0 bridgehead atoms. The minimum absolute atomic E-state index is 0.0957. The maximum Gasteiger partial charge on any atom is 0.274 e. The van der Waals surface area contributed by atoms with Gasteiger partial charge in [0.15, 0.2) is 5.69 Å². The highest BCUT2D eigenvalue weighted by atomic mass is 16.2. The van der Waals surface area contributed by atoms with E-state index in [0.29, 0.717) is 23.7 Å². The predicted octanol–water partition coefficient (Wildman–Crippen LogP) is 2.13. The minimum atomic E-state index is -0.278. The largest absolute Gasteiger partial charge is 0.348 e. The Kier molecular flexibility index (Phi) is 5.12. The summed E-state index contributed by atoms with van der Waals surface area (Å²) in [5, 5.41) is 12.8. The monoisotopic (exact) mass is 367 g/mol. The molecule has 0 aliphatic rings. The van der Waals surface area contributed by atoms with Crippen molar-refractivity contribution in [1.82, 2.24) is 24.9 Å². The molecule has 0 saturated carbocycles. The number of aryl methyl sites for hydroxylation is 3. The molecule has 7 heteroatoms. The Morgan fingerprint density at radius 3 is 2.44 bits per heavy atom. The highest BCUT2D eigenvalue weighted by Gasteiger charge is 2.19. The smallest absolute Gasteiger partial charge is 0.274 e. The van der Waals surface area contributed by atoms with Crippen LogP contribution in [0.2, 0.25) is 0 Å². The van der Waals surface area contributed by atoms with Gasteiger partial charge in [-0.25, -0.2) is 4.68 Å². The number of carbonyl (C=O) groups excluding carboxylic acids is 1. The normalized spacial score (nSPS) is 12.3. The lowest BCUT2D eigenvalue weighted by molar-refractivity contribution is 0.0934. The van der Waals surface area contributed by atoms with Gasteiger partial charge in [0, 0.05) is 30.7 Å². The summed E-state index contributed by atoms with van der Waals surface area (Å²) in [5.74, 6) is -0.278. The first kappa shape index (κ1) is 18.8. The standard InChI is InChI=1S/C20H25N5O2/c1-6-25-20(27)16-10-8-7-9-15(16)18(23-25)19(26)21-12(2)11-17-13(3)22-24(5)14(17)4/h7-10,12H,6,11H2,1-5H3,(H,21,26)/t12-/m0/s1. The molecule has 27 heavy (non-hydrogen) atoms. The third-order valence-corrected chi connectivity index (χ3v) is 4.93. The molecule has 1 aromatic carbocycles. The van der Waals surface area contributed by atoms with Crippen LogP contribution in [-0.2, 0) is 20.0 Å². The van der Waals surface area contributed by atoms with Crippen molar-refractivity contribution in [3.8, 4) is 0 Å². The molecule has 0 saturated heterocycles. The molecule has 1 N–H and O–H groups in total. The lowest BCUT2D eigenvalue weighted by Gasteiger charge is -2.15. The van der Waals surface area contributed by atoms with Crippen LogP contribution in [0.5, 0.6) is 0 Å². The van der Waals surface area contributed by atoms with Gasteiger partial charge >= 0.3 is 0 Å². The number of nitrogens with one attached hydrogen (secondary N) is 1. The average Bonchev–Trinajstić information content (AvgIpc) is 2.88. The molecule has 0 spiro atoms. The van der Waals surface area contributed by atoms with Crippen LogP contribution in [0.15, 0.2) is 29.1 Å². The van der Waals surface area contributed by atoms with Gasteiger partial charge in [-0.15, -0.1) is 0 Å². The summed E-state index contributed by atoms with van der Waals surface area (Å²) in [4.78, 5) is 25.3. The molecule has 0 aliphatic carbocycles. The minimum Gasteiger partial charge on any atom is -0.348 e. The molecule has 0 unspecified atom stereocenters. The van der Waals surface area contributed by atoms with E-state index < -0.39 is 0 Å². The van der Waals surface area contributed by atoms with Crippen LogP contribution in [-0.4, -0.2) is 31.5 Å². The fourth-order valence-corrected chi connectivity index (χ4v) is 3.38. The van der Waals surface area contributed by atoms with Crippen molar-refractivity contribution in [3.05, 3.63) is 57.3 Å². The molecule has 1 atom stereocenters. The lowest BCUT2D eigenvalue weighted by Crippen LogP contribution is -2.36. The number of hydrogen-bond donors (Lipinski definition) is 1. The van der Waals surface area contributed by atoms with Crippen LogP contribution in [0.1, 0.15) is 41.3 Å². The maximum atomic E-state index is 12.9. The first-order valence-corrected chi connectivity index (χ1v) is 9.13. The third-order valence-electron chi connectivity index (χ3n) is 4.93. The van der Waals surface area contributed by atoms with E-state index in [0.717, 1.165) is 17.0 Å². The molecule has 142 valence electrons. The van der Waals surface area contributed by atoms with Crippen LogP contribution in [0.25, 0.3) is 10.8 Å². The third kappa shape index (κ3) is 3.49. The number of aromatic nitrogens is 4. The zero-order valence-corrected chi connectivity index (χ0v) is 16.4. The van der Waals surface area contributed by atoms with E-state index in [2.05, 4.69) is 15.5 Å². The first-order chi connectivity index (χ1) is 12.8. The molecule has 7 nitrogen and oxygen atoms in total. The van der Waals surface area contributed by atoms with Crippen molar-refractivity contribution in [3.63, 3.8) is 0 Å². The van der Waals surface area contributed by atoms with Crippen LogP contribution in [0.3, 0.4) is 0 Å². The highest BCUT2D eigenvalue weighted by molar-refractivity contribution is 6.04. The van der Waals surface area contributed by atoms with Crippen LogP contribution < -0.4 is 10.9 Å². The van der Waals surface area contributed by atoms with Crippen LogP contribution in [0.4, 0.5) is 0 Å². The summed E-state index contributed by atoms with van der Waals surface area (Å²) in [6, 6.07) is 7.00. The fourth-order valence-electron chi connectivity index (χ4n) is 3.38. The zero-order valence-electron chi connectivity index (χ0n) is 16.4. The van der Waals surface area contributed by atoms with Crippen molar-refractivity contribution in [2.24, 2.45) is 7.05 Å². The van der Waals surface area contributed by atoms with E-state index in [1.54, 1.807) is 18.2 Å². The molecule has 2 aromatic heterocycles. The number of fused-ring (bicyclic) bond motifs is 1. The Hall–Kier alpha value is -2.96. The predicted molar refractivity (Wildman–Crippen MR) is 105 cm³/mol. The van der Waals surface area contributed by atoms with Gasteiger partial charge < -0.3 is 5.32 Å². The molecule has 1 amide bonds. The number of benzene rings is 1. The Labute approximate surface area is 158 Å². The van der Waals surface area contributed by atoms with E-state index in [4.69, 9.17) is 0 Å². The first-order valence-electron chi connectivity index (χ1n) is 9.13. The molecule has 3 rings (SSSR count). The molecule has 2 heterocycles. The Morgan fingerprint density at radius 1 is 1.19 bits per heavy atom. The number of hydrogen-bond acceptors (Lipinski definition) is 4. The molecular weight excluding hydrogens is 342 g/mol. The van der Waals surface area contributed by atoms with Crippen LogP contribution in [0, 0.1) is 13.8 Å². The van der Waals surface area contributed by atoms with Gasteiger partial charge in [0.05, 0.1) is 11.1 Å². The summed E-state index contributed by atoms with van der Waals surface area (Å²) in [7, 11) is 1.92. The second-order valence-corrected chi connectivity index (χ2v) is 6.87. The number of rotatable bonds is 5. The molecule has 3 aromatic rings. The number of carbonyl (C=O) groups is 1. The van der Waals surface area contributed by atoms with E-state index >= 15 is 0 Å². The van der Waals surface area contributed by atoms with Gasteiger partial charge in [0.2, 0.25) is 0 Å². The number of amides is 1. The average molecular weight is 367 g/mol. The number of nitrogens with zero attached hydrogens (tertiary/aromatic N) is 4. The molecule has 0 fully saturated rings. The summed E-state index contributed by atoms with van der Waals surface area (Å²) in [6.07, 6.45) is 0.683. The molecular formula is C20H25N5O2. The quantitative estimate of drug-likeness (QED) is 0.749. The highest BCUT2D eigenvalue weighted by Crippen LogP contribution is 2.16. The van der Waals surface area contributed by atoms with Gasteiger partial charge in [-0.3, -0.25) is 14.3 Å². The van der Waals surface area contributed by atoms with Gasteiger partial charge in [-0.1, -0.05) is 18.2 Å². The van der Waals surface area contributed by atoms with E-state index in [-0.39, 0.29) is 23.2 Å². The van der Waals surface area contributed by atoms with E-state index in [9.17, 15) is 9.59 Å². The molecule has 0 radical (unpaired) electrons. The van der Waals surface area contributed by atoms with Gasteiger partial charge in [0.1, 0.15) is 0 Å². The van der Waals surface area contributed by atoms with E-state index in [1.807, 2.05) is 45.5 Å².